The molecule has 2 N–H and O–H groups in total. The molecular weight excluding hydrogens is 188 g/mol. The molecule has 1 saturated heterocycles. The van der Waals surface area contributed by atoms with Crippen molar-refractivity contribution in [1.82, 2.24) is 4.90 Å². The molecule has 0 amide bonds. The van der Waals surface area contributed by atoms with E-state index in [0.29, 0.717) is 6.61 Å². The van der Waals surface area contributed by atoms with Gasteiger partial charge in [0.05, 0.1) is 6.61 Å². The summed E-state index contributed by atoms with van der Waals surface area (Å²) in [6.07, 6.45) is 4.88. The molecule has 1 aliphatic rings. The Morgan fingerprint density at radius 2 is 1.80 bits per heavy atom. The van der Waals surface area contributed by atoms with Gasteiger partial charge in [-0.25, -0.2) is 0 Å². The van der Waals surface area contributed by atoms with Gasteiger partial charge < -0.3 is 10.5 Å². The summed E-state index contributed by atoms with van der Waals surface area (Å²) in [4.78, 5) is 2.58. The first-order chi connectivity index (χ1) is 7.21. The van der Waals surface area contributed by atoms with E-state index in [1.54, 1.807) is 7.11 Å². The van der Waals surface area contributed by atoms with E-state index in [1.165, 1.54) is 25.9 Å². The van der Waals surface area contributed by atoms with E-state index >= 15 is 0 Å². The number of nitrogens with zero attached hydrogens (tertiary/aromatic N) is 1. The van der Waals surface area contributed by atoms with Crippen LogP contribution in [0.1, 0.15) is 39.5 Å². The molecule has 0 aromatic heterocycles. The molecule has 1 aliphatic heterocycles. The Morgan fingerprint density at radius 1 is 1.27 bits per heavy atom. The minimum absolute atomic E-state index is 0.135. The summed E-state index contributed by atoms with van der Waals surface area (Å²) in [5, 5.41) is 0. The monoisotopic (exact) mass is 214 g/mol. The number of ether oxygens (including phenoxy) is 1. The summed E-state index contributed by atoms with van der Waals surface area (Å²) in [7, 11) is 1.74. The minimum Gasteiger partial charge on any atom is -0.383 e. The van der Waals surface area contributed by atoms with Crippen LogP contribution in [0.4, 0.5) is 0 Å². The van der Waals surface area contributed by atoms with Crippen LogP contribution < -0.4 is 5.73 Å². The van der Waals surface area contributed by atoms with Gasteiger partial charge in [0.2, 0.25) is 0 Å². The highest BCUT2D eigenvalue weighted by atomic mass is 16.5. The van der Waals surface area contributed by atoms with Crippen LogP contribution in [0.15, 0.2) is 0 Å². The van der Waals surface area contributed by atoms with Crippen molar-refractivity contribution in [1.29, 1.82) is 0 Å². The second-order valence-electron chi connectivity index (χ2n) is 4.57. The number of rotatable bonds is 6. The third-order valence-electron chi connectivity index (χ3n) is 4.00. The number of methoxy groups -OCH3 is 1. The zero-order valence-corrected chi connectivity index (χ0v) is 10.5. The van der Waals surface area contributed by atoms with Gasteiger partial charge >= 0.3 is 0 Å². The van der Waals surface area contributed by atoms with Crippen LogP contribution in [0.2, 0.25) is 0 Å². The maximum absolute atomic E-state index is 6.30. The van der Waals surface area contributed by atoms with Gasteiger partial charge in [-0.3, -0.25) is 4.90 Å². The number of hydrogen-bond acceptors (Lipinski definition) is 3. The molecule has 0 saturated carbocycles. The van der Waals surface area contributed by atoms with Gasteiger partial charge in [-0.15, -0.1) is 0 Å². The zero-order valence-electron chi connectivity index (χ0n) is 10.5. The van der Waals surface area contributed by atoms with Crippen molar-refractivity contribution >= 4 is 0 Å². The van der Waals surface area contributed by atoms with Gasteiger partial charge in [-0.2, -0.15) is 0 Å². The van der Waals surface area contributed by atoms with E-state index in [4.69, 9.17) is 10.5 Å². The van der Waals surface area contributed by atoms with Crippen LogP contribution in [-0.4, -0.2) is 43.3 Å². The lowest BCUT2D eigenvalue weighted by atomic mass is 9.83. The lowest BCUT2D eigenvalue weighted by molar-refractivity contribution is 0.0398. The molecule has 0 aliphatic carbocycles. The maximum atomic E-state index is 6.30. The van der Waals surface area contributed by atoms with E-state index in [1.807, 2.05) is 0 Å². The molecule has 1 rings (SSSR count). The van der Waals surface area contributed by atoms with Crippen molar-refractivity contribution in [3.05, 3.63) is 0 Å². The van der Waals surface area contributed by atoms with Crippen molar-refractivity contribution in [3.8, 4) is 0 Å². The largest absolute Gasteiger partial charge is 0.383 e. The van der Waals surface area contributed by atoms with Gasteiger partial charge in [-0.05, 0) is 38.8 Å². The van der Waals surface area contributed by atoms with E-state index < -0.39 is 0 Å². The topological polar surface area (TPSA) is 38.5 Å². The van der Waals surface area contributed by atoms with E-state index in [2.05, 4.69) is 18.7 Å². The molecule has 1 fully saturated rings. The summed E-state index contributed by atoms with van der Waals surface area (Å²) < 4.78 is 5.22. The van der Waals surface area contributed by atoms with E-state index in [9.17, 15) is 0 Å². The van der Waals surface area contributed by atoms with E-state index in [0.717, 1.165) is 12.8 Å². The second-order valence-corrected chi connectivity index (χ2v) is 4.57. The second kappa shape index (κ2) is 5.83. The molecule has 3 heteroatoms. The summed E-state index contributed by atoms with van der Waals surface area (Å²) in [6.45, 7) is 7.57. The first kappa shape index (κ1) is 12.9. The number of likely N-dealkylation sites (tertiary alicyclic amines) is 1. The lowest BCUT2D eigenvalue weighted by Gasteiger charge is -2.45. The first-order valence-electron chi connectivity index (χ1n) is 6.20. The molecule has 0 spiro atoms. The summed E-state index contributed by atoms with van der Waals surface area (Å²) >= 11 is 0. The Morgan fingerprint density at radius 3 is 2.20 bits per heavy atom. The average molecular weight is 214 g/mol. The predicted octanol–water partition coefficient (Wildman–Crippen LogP) is 1.61. The molecule has 0 aromatic carbocycles. The summed E-state index contributed by atoms with van der Waals surface area (Å²) in [5.74, 6) is 0. The van der Waals surface area contributed by atoms with Crippen LogP contribution in [-0.2, 0) is 4.74 Å². The molecule has 15 heavy (non-hydrogen) atoms. The Kier molecular flexibility index (Phi) is 5.03. The van der Waals surface area contributed by atoms with Crippen molar-refractivity contribution in [2.75, 3.05) is 26.8 Å². The van der Waals surface area contributed by atoms with Crippen molar-refractivity contribution in [3.63, 3.8) is 0 Å². The highest BCUT2D eigenvalue weighted by Crippen LogP contribution is 2.30. The molecule has 3 nitrogen and oxygen atoms in total. The molecule has 1 atom stereocenters. The van der Waals surface area contributed by atoms with Gasteiger partial charge in [0, 0.05) is 18.7 Å². The fourth-order valence-electron chi connectivity index (χ4n) is 2.95. The van der Waals surface area contributed by atoms with Gasteiger partial charge in [0.25, 0.3) is 0 Å². The summed E-state index contributed by atoms with van der Waals surface area (Å²) in [5.41, 5.74) is 6.46. The predicted molar refractivity (Wildman–Crippen MR) is 64.0 cm³/mol. The zero-order chi connectivity index (χ0) is 11.3. The van der Waals surface area contributed by atoms with Crippen LogP contribution >= 0.6 is 0 Å². The lowest BCUT2D eigenvalue weighted by Crippen LogP contribution is -2.60. The fraction of sp³-hybridized carbons (Fsp3) is 1.00. The minimum atomic E-state index is 0.135. The van der Waals surface area contributed by atoms with Gasteiger partial charge in [-0.1, -0.05) is 13.8 Å². The first-order valence-corrected chi connectivity index (χ1v) is 6.20. The van der Waals surface area contributed by atoms with Crippen LogP contribution in [0.3, 0.4) is 0 Å². The molecule has 90 valence electrons. The Balaban J connectivity index is 2.74. The Bertz CT molecular complexity index is 174. The van der Waals surface area contributed by atoms with E-state index in [-0.39, 0.29) is 11.6 Å². The molecule has 0 radical (unpaired) electrons. The Labute approximate surface area is 94.0 Å². The quantitative estimate of drug-likeness (QED) is 0.730. The van der Waals surface area contributed by atoms with Crippen molar-refractivity contribution < 1.29 is 4.74 Å². The molecule has 0 aromatic rings. The molecule has 0 bridgehead atoms. The van der Waals surface area contributed by atoms with Crippen molar-refractivity contribution in [2.24, 2.45) is 5.73 Å². The van der Waals surface area contributed by atoms with Crippen LogP contribution in [0.25, 0.3) is 0 Å². The number of hydrogen-bond donors (Lipinski definition) is 1. The van der Waals surface area contributed by atoms with Gasteiger partial charge in [0.1, 0.15) is 0 Å². The Hall–Kier alpha value is -0.120. The van der Waals surface area contributed by atoms with Crippen molar-refractivity contribution in [2.45, 2.75) is 51.1 Å². The number of nitrogens with two attached hydrogens (primary N) is 1. The highest BCUT2D eigenvalue weighted by Gasteiger charge is 2.40. The molecule has 1 unspecified atom stereocenters. The third-order valence-corrected chi connectivity index (χ3v) is 4.00. The molecular formula is C12H26N2O. The average Bonchev–Trinajstić information content (AvgIpc) is 2.75. The van der Waals surface area contributed by atoms with Gasteiger partial charge in [0.15, 0.2) is 0 Å². The normalized spacial score (nSPS) is 20.8. The maximum Gasteiger partial charge on any atom is 0.0631 e. The third kappa shape index (κ3) is 2.52. The molecule has 1 heterocycles. The highest BCUT2D eigenvalue weighted by molar-refractivity contribution is 4.98. The standard InChI is InChI=1S/C12H26N2O/c1-4-12(5-2,11(13)10-15-3)14-8-6-7-9-14/h11H,4-10,13H2,1-3H3. The fourth-order valence-corrected chi connectivity index (χ4v) is 2.95. The smallest absolute Gasteiger partial charge is 0.0631 e. The van der Waals surface area contributed by atoms with Crippen LogP contribution in [0.5, 0.6) is 0 Å². The summed E-state index contributed by atoms with van der Waals surface area (Å²) in [6, 6.07) is 0.135. The van der Waals surface area contributed by atoms with Crippen LogP contribution in [0, 0.1) is 0 Å². The SMILES string of the molecule is CCC(CC)(C(N)COC)N1CCCC1.